The van der Waals surface area contributed by atoms with E-state index < -0.39 is 6.10 Å². The maximum Gasteiger partial charge on any atom is 0.140 e. The number of rotatable bonds is 7. The summed E-state index contributed by atoms with van der Waals surface area (Å²) in [5, 5.41) is 10.9. The molecule has 0 saturated carbocycles. The van der Waals surface area contributed by atoms with Gasteiger partial charge in [0, 0.05) is 35.4 Å². The van der Waals surface area contributed by atoms with Crippen molar-refractivity contribution in [1.82, 2.24) is 14.5 Å². The van der Waals surface area contributed by atoms with Gasteiger partial charge in [-0.05, 0) is 29.8 Å². The Kier molecular flexibility index (Phi) is 5.59. The predicted octanol–water partition coefficient (Wildman–Crippen LogP) is 3.18. The van der Waals surface area contributed by atoms with Crippen molar-refractivity contribution >= 4 is 11.6 Å². The first-order valence-corrected chi connectivity index (χ1v) is 8.02. The Morgan fingerprint density at radius 1 is 1.08 bits per heavy atom. The molecule has 24 heavy (non-hydrogen) atoms. The normalized spacial score (nSPS) is 12.2. The van der Waals surface area contributed by atoms with Gasteiger partial charge >= 0.3 is 0 Å². The Hall–Kier alpha value is -2.21. The van der Waals surface area contributed by atoms with Crippen LogP contribution in [0, 0.1) is 0 Å². The number of pyridine rings is 1. The number of hydrogen-bond donors (Lipinski definition) is 1. The van der Waals surface area contributed by atoms with Crippen LogP contribution in [0.3, 0.4) is 0 Å². The molecule has 1 N–H and O–H groups in total. The minimum atomic E-state index is -0.618. The summed E-state index contributed by atoms with van der Waals surface area (Å²) in [5.41, 5.74) is 1.98. The van der Waals surface area contributed by atoms with Crippen LogP contribution in [0.15, 0.2) is 61.2 Å². The van der Waals surface area contributed by atoms with E-state index in [1.807, 2.05) is 47.2 Å². The summed E-state index contributed by atoms with van der Waals surface area (Å²) < 4.78 is 7.49. The van der Waals surface area contributed by atoms with Gasteiger partial charge in [0.25, 0.3) is 0 Å². The Morgan fingerprint density at radius 2 is 1.83 bits per heavy atom. The highest BCUT2D eigenvalue weighted by Crippen LogP contribution is 2.16. The van der Waals surface area contributed by atoms with E-state index in [0.717, 1.165) is 17.0 Å². The molecular formula is C18H18ClN3O2. The van der Waals surface area contributed by atoms with Crippen LogP contribution in [0.25, 0.3) is 11.4 Å². The summed E-state index contributed by atoms with van der Waals surface area (Å²) in [4.78, 5) is 8.35. The zero-order valence-corrected chi connectivity index (χ0v) is 13.8. The van der Waals surface area contributed by atoms with Gasteiger partial charge in [0.05, 0.1) is 25.9 Å². The van der Waals surface area contributed by atoms with Gasteiger partial charge in [-0.1, -0.05) is 23.7 Å². The number of nitrogens with zero attached hydrogens (tertiary/aromatic N) is 3. The maximum absolute atomic E-state index is 10.2. The van der Waals surface area contributed by atoms with Crippen LogP contribution in [0.1, 0.15) is 5.56 Å². The molecule has 6 heteroatoms. The van der Waals surface area contributed by atoms with Gasteiger partial charge in [-0.15, -0.1) is 0 Å². The second-order valence-corrected chi connectivity index (χ2v) is 5.87. The van der Waals surface area contributed by atoms with E-state index in [4.69, 9.17) is 16.3 Å². The van der Waals surface area contributed by atoms with Gasteiger partial charge in [-0.3, -0.25) is 4.98 Å². The van der Waals surface area contributed by atoms with Crippen molar-refractivity contribution in [3.05, 3.63) is 71.8 Å². The molecule has 124 valence electrons. The molecule has 5 nitrogen and oxygen atoms in total. The molecule has 2 heterocycles. The van der Waals surface area contributed by atoms with Crippen molar-refractivity contribution in [3.63, 3.8) is 0 Å². The number of halogens is 1. The summed E-state index contributed by atoms with van der Waals surface area (Å²) in [5.74, 6) is 0.800. The second-order valence-electron chi connectivity index (χ2n) is 5.43. The van der Waals surface area contributed by atoms with E-state index >= 15 is 0 Å². The van der Waals surface area contributed by atoms with Gasteiger partial charge in [-0.25, -0.2) is 4.98 Å². The number of hydrogen-bond acceptors (Lipinski definition) is 4. The molecule has 0 amide bonds. The smallest absolute Gasteiger partial charge is 0.140 e. The fourth-order valence-electron chi connectivity index (χ4n) is 2.39. The van der Waals surface area contributed by atoms with Crippen LogP contribution in [-0.2, 0) is 17.9 Å². The molecule has 3 rings (SSSR count). The lowest BCUT2D eigenvalue weighted by Gasteiger charge is -2.14. The predicted molar refractivity (Wildman–Crippen MR) is 92.6 cm³/mol. The third-order valence-electron chi connectivity index (χ3n) is 3.55. The lowest BCUT2D eigenvalue weighted by molar-refractivity contribution is 0.0206. The Bertz CT molecular complexity index is 759. The number of aliphatic hydroxyl groups excluding tert-OH is 1. The lowest BCUT2D eigenvalue weighted by Crippen LogP contribution is -2.22. The van der Waals surface area contributed by atoms with E-state index in [-0.39, 0.29) is 6.61 Å². The fraction of sp³-hybridized carbons (Fsp3) is 0.222. The lowest BCUT2D eigenvalue weighted by atomic mass is 10.2. The number of imidazole rings is 1. The largest absolute Gasteiger partial charge is 0.389 e. The van der Waals surface area contributed by atoms with Crippen LogP contribution in [0.5, 0.6) is 0 Å². The third-order valence-corrected chi connectivity index (χ3v) is 3.81. The molecule has 1 unspecified atom stereocenters. The Labute approximate surface area is 145 Å². The van der Waals surface area contributed by atoms with E-state index in [1.54, 1.807) is 18.6 Å². The van der Waals surface area contributed by atoms with Crippen LogP contribution < -0.4 is 0 Å². The van der Waals surface area contributed by atoms with Crippen LogP contribution in [-0.4, -0.2) is 32.4 Å². The van der Waals surface area contributed by atoms with Crippen LogP contribution in [0.4, 0.5) is 0 Å². The average Bonchev–Trinajstić information content (AvgIpc) is 3.05. The summed E-state index contributed by atoms with van der Waals surface area (Å²) in [6, 6.07) is 11.2. The number of ether oxygens (including phenoxy) is 1. The van der Waals surface area contributed by atoms with Crippen LogP contribution in [0.2, 0.25) is 5.02 Å². The van der Waals surface area contributed by atoms with E-state index in [2.05, 4.69) is 9.97 Å². The molecule has 1 aromatic carbocycles. The van der Waals surface area contributed by atoms with Gasteiger partial charge in [0.2, 0.25) is 0 Å². The molecule has 3 aromatic rings. The van der Waals surface area contributed by atoms with Crippen molar-refractivity contribution in [2.24, 2.45) is 0 Å². The number of aliphatic hydroxyl groups is 1. The Morgan fingerprint density at radius 3 is 2.58 bits per heavy atom. The molecule has 0 aliphatic carbocycles. The van der Waals surface area contributed by atoms with E-state index in [9.17, 15) is 5.11 Å². The van der Waals surface area contributed by atoms with Crippen LogP contribution >= 0.6 is 11.6 Å². The number of aromatic nitrogens is 3. The summed E-state index contributed by atoms with van der Waals surface area (Å²) in [7, 11) is 0. The van der Waals surface area contributed by atoms with Crippen molar-refractivity contribution in [2.75, 3.05) is 6.61 Å². The molecule has 0 fully saturated rings. The van der Waals surface area contributed by atoms with Crippen molar-refractivity contribution in [3.8, 4) is 11.4 Å². The van der Waals surface area contributed by atoms with Gasteiger partial charge < -0.3 is 14.4 Å². The van der Waals surface area contributed by atoms with Gasteiger partial charge in [0.1, 0.15) is 5.82 Å². The van der Waals surface area contributed by atoms with Gasteiger partial charge in [0.15, 0.2) is 0 Å². The quantitative estimate of drug-likeness (QED) is 0.715. The molecule has 0 saturated heterocycles. The summed E-state index contributed by atoms with van der Waals surface area (Å²) in [6.45, 7) is 1.10. The Balaban J connectivity index is 1.53. The minimum Gasteiger partial charge on any atom is -0.389 e. The highest BCUT2D eigenvalue weighted by molar-refractivity contribution is 6.30. The van der Waals surface area contributed by atoms with Crippen molar-refractivity contribution < 1.29 is 9.84 Å². The highest BCUT2D eigenvalue weighted by atomic mass is 35.5. The molecule has 0 radical (unpaired) electrons. The minimum absolute atomic E-state index is 0.247. The molecule has 0 aliphatic heterocycles. The maximum atomic E-state index is 10.2. The zero-order valence-electron chi connectivity index (χ0n) is 13.0. The highest BCUT2D eigenvalue weighted by Gasteiger charge is 2.11. The van der Waals surface area contributed by atoms with E-state index in [0.29, 0.717) is 18.2 Å². The first-order chi connectivity index (χ1) is 11.7. The monoisotopic (exact) mass is 343 g/mol. The molecule has 0 spiro atoms. The molecule has 0 bridgehead atoms. The zero-order chi connectivity index (χ0) is 16.8. The second kappa shape index (κ2) is 8.06. The average molecular weight is 344 g/mol. The first kappa shape index (κ1) is 16.6. The molecule has 2 aromatic heterocycles. The molecule has 1 atom stereocenters. The SMILES string of the molecule is OC(COCc1ccc(Cl)cc1)Cn1ccnc1-c1ccncc1. The van der Waals surface area contributed by atoms with Crippen molar-refractivity contribution in [1.29, 1.82) is 0 Å². The summed E-state index contributed by atoms with van der Waals surface area (Å²) in [6.07, 6.45) is 6.39. The first-order valence-electron chi connectivity index (χ1n) is 7.64. The topological polar surface area (TPSA) is 60.2 Å². The fourth-order valence-corrected chi connectivity index (χ4v) is 2.52. The summed E-state index contributed by atoms with van der Waals surface area (Å²) >= 11 is 5.85. The van der Waals surface area contributed by atoms with Gasteiger partial charge in [-0.2, -0.15) is 0 Å². The molecular weight excluding hydrogens is 326 g/mol. The standard InChI is InChI=1S/C18H18ClN3O2/c19-16-3-1-14(2-4-16)12-24-13-17(23)11-22-10-9-21-18(22)15-5-7-20-8-6-15/h1-10,17,23H,11-13H2. The molecule has 0 aliphatic rings. The van der Waals surface area contributed by atoms with Crippen molar-refractivity contribution in [2.45, 2.75) is 19.3 Å². The number of benzene rings is 1. The van der Waals surface area contributed by atoms with E-state index in [1.165, 1.54) is 0 Å². The third kappa shape index (κ3) is 4.41.